The molecule has 0 unspecified atom stereocenters. The maximum Gasteiger partial charge on any atom is 0.254 e. The molecule has 2 aromatic rings. The minimum atomic E-state index is -0.135. The standard InChI is InChI=1S/C11H11BrN4O/c12-10-9(2-1-4-14-10)11(17)15-5-3-8-6-13-7-16-8/h1-2,4,6-7H,3,5H2,(H,13,16)(H,15,17). The van der Waals surface area contributed by atoms with Gasteiger partial charge in [-0.15, -0.1) is 0 Å². The van der Waals surface area contributed by atoms with E-state index in [2.05, 4.69) is 36.2 Å². The first-order chi connectivity index (χ1) is 8.27. The van der Waals surface area contributed by atoms with Crippen molar-refractivity contribution in [3.63, 3.8) is 0 Å². The number of rotatable bonds is 4. The summed E-state index contributed by atoms with van der Waals surface area (Å²) in [5.74, 6) is -0.135. The third-order valence-electron chi connectivity index (χ3n) is 2.24. The van der Waals surface area contributed by atoms with E-state index in [1.807, 2.05) is 0 Å². The molecule has 0 aliphatic rings. The molecule has 2 heterocycles. The predicted octanol–water partition coefficient (Wildman–Crippen LogP) is 1.54. The van der Waals surface area contributed by atoms with Crippen LogP contribution in [0.1, 0.15) is 16.1 Å². The summed E-state index contributed by atoms with van der Waals surface area (Å²) in [4.78, 5) is 22.7. The van der Waals surface area contributed by atoms with E-state index in [0.29, 0.717) is 16.7 Å². The Morgan fingerprint density at radius 2 is 2.41 bits per heavy atom. The minimum absolute atomic E-state index is 0.135. The van der Waals surface area contributed by atoms with E-state index in [4.69, 9.17) is 0 Å². The normalized spacial score (nSPS) is 10.2. The fraction of sp³-hybridized carbons (Fsp3) is 0.182. The molecule has 0 aliphatic heterocycles. The van der Waals surface area contributed by atoms with Gasteiger partial charge in [-0.3, -0.25) is 4.79 Å². The smallest absolute Gasteiger partial charge is 0.254 e. The van der Waals surface area contributed by atoms with Gasteiger partial charge >= 0.3 is 0 Å². The highest BCUT2D eigenvalue weighted by Crippen LogP contribution is 2.11. The molecule has 6 heteroatoms. The van der Waals surface area contributed by atoms with Crippen LogP contribution in [0.25, 0.3) is 0 Å². The molecule has 2 aromatic heterocycles. The lowest BCUT2D eigenvalue weighted by Gasteiger charge is -2.05. The average molecular weight is 295 g/mol. The van der Waals surface area contributed by atoms with E-state index in [9.17, 15) is 4.79 Å². The SMILES string of the molecule is O=C(NCCc1cnc[nH]1)c1cccnc1Br. The van der Waals surface area contributed by atoms with Gasteiger partial charge in [0.1, 0.15) is 4.60 Å². The Morgan fingerprint density at radius 3 is 3.12 bits per heavy atom. The van der Waals surface area contributed by atoms with Crippen LogP contribution in [0, 0.1) is 0 Å². The lowest BCUT2D eigenvalue weighted by molar-refractivity contribution is 0.0953. The number of carbonyl (C=O) groups is 1. The summed E-state index contributed by atoms with van der Waals surface area (Å²) in [6.07, 6.45) is 5.72. The molecule has 0 radical (unpaired) electrons. The number of nitrogens with zero attached hydrogens (tertiary/aromatic N) is 2. The number of imidazole rings is 1. The second kappa shape index (κ2) is 5.58. The molecule has 0 spiro atoms. The zero-order valence-corrected chi connectivity index (χ0v) is 10.6. The molecule has 1 amide bonds. The van der Waals surface area contributed by atoms with E-state index in [1.165, 1.54) is 0 Å². The Morgan fingerprint density at radius 1 is 1.53 bits per heavy atom. The maximum atomic E-state index is 11.8. The summed E-state index contributed by atoms with van der Waals surface area (Å²) in [6, 6.07) is 3.46. The Bertz CT molecular complexity index is 498. The van der Waals surface area contributed by atoms with Gasteiger partial charge in [0.2, 0.25) is 0 Å². The van der Waals surface area contributed by atoms with Gasteiger partial charge < -0.3 is 10.3 Å². The molecule has 0 fully saturated rings. The zero-order chi connectivity index (χ0) is 12.1. The second-order valence-corrected chi connectivity index (χ2v) is 4.18. The summed E-state index contributed by atoms with van der Waals surface area (Å²) >= 11 is 3.24. The predicted molar refractivity (Wildman–Crippen MR) is 66.6 cm³/mol. The minimum Gasteiger partial charge on any atom is -0.352 e. The van der Waals surface area contributed by atoms with Gasteiger partial charge in [-0.05, 0) is 28.1 Å². The molecule has 2 N–H and O–H groups in total. The van der Waals surface area contributed by atoms with Crippen molar-refractivity contribution in [1.29, 1.82) is 0 Å². The van der Waals surface area contributed by atoms with Crippen molar-refractivity contribution in [2.75, 3.05) is 6.54 Å². The summed E-state index contributed by atoms with van der Waals surface area (Å²) in [5.41, 5.74) is 1.53. The van der Waals surface area contributed by atoms with Crippen molar-refractivity contribution >= 4 is 21.8 Å². The Hall–Kier alpha value is -1.69. The summed E-state index contributed by atoms with van der Waals surface area (Å²) in [6.45, 7) is 0.558. The third-order valence-corrected chi connectivity index (χ3v) is 2.87. The number of H-pyrrole nitrogens is 1. The summed E-state index contributed by atoms with van der Waals surface area (Å²) < 4.78 is 0.555. The maximum absolute atomic E-state index is 11.8. The first kappa shape index (κ1) is 11.8. The monoisotopic (exact) mass is 294 g/mol. The van der Waals surface area contributed by atoms with Gasteiger partial charge in [-0.25, -0.2) is 9.97 Å². The number of halogens is 1. The molecule has 0 aromatic carbocycles. The number of hydrogen-bond acceptors (Lipinski definition) is 3. The van der Waals surface area contributed by atoms with Crippen LogP contribution in [0.4, 0.5) is 0 Å². The van der Waals surface area contributed by atoms with E-state index in [0.717, 1.165) is 12.1 Å². The lowest BCUT2D eigenvalue weighted by atomic mass is 10.2. The number of hydrogen-bond donors (Lipinski definition) is 2. The highest BCUT2D eigenvalue weighted by atomic mass is 79.9. The van der Waals surface area contributed by atoms with Crippen LogP contribution in [0.15, 0.2) is 35.5 Å². The third kappa shape index (κ3) is 3.13. The molecule has 0 aliphatic carbocycles. The summed E-state index contributed by atoms with van der Waals surface area (Å²) in [5, 5.41) is 2.82. The highest BCUT2D eigenvalue weighted by Gasteiger charge is 2.09. The molecule has 5 nitrogen and oxygen atoms in total. The number of aromatic amines is 1. The molecular formula is C11H11BrN4O. The zero-order valence-electron chi connectivity index (χ0n) is 8.98. The van der Waals surface area contributed by atoms with Crippen LogP contribution in [0.2, 0.25) is 0 Å². The number of aromatic nitrogens is 3. The Labute approximate surface area is 107 Å². The number of amides is 1. The van der Waals surface area contributed by atoms with Crippen molar-refractivity contribution in [2.45, 2.75) is 6.42 Å². The van der Waals surface area contributed by atoms with Crippen LogP contribution in [0.3, 0.4) is 0 Å². The van der Waals surface area contributed by atoms with Crippen molar-refractivity contribution in [1.82, 2.24) is 20.3 Å². The highest BCUT2D eigenvalue weighted by molar-refractivity contribution is 9.10. The van der Waals surface area contributed by atoms with E-state index in [1.54, 1.807) is 30.9 Å². The van der Waals surface area contributed by atoms with Crippen molar-refractivity contribution in [3.8, 4) is 0 Å². The molecule has 17 heavy (non-hydrogen) atoms. The van der Waals surface area contributed by atoms with E-state index in [-0.39, 0.29) is 5.91 Å². The molecule has 88 valence electrons. The molecule has 0 atom stereocenters. The number of nitrogens with one attached hydrogen (secondary N) is 2. The number of pyridine rings is 1. The first-order valence-corrected chi connectivity index (χ1v) is 5.92. The summed E-state index contributed by atoms with van der Waals surface area (Å²) in [7, 11) is 0. The van der Waals surface area contributed by atoms with Crippen molar-refractivity contribution in [2.24, 2.45) is 0 Å². The second-order valence-electron chi connectivity index (χ2n) is 3.42. The van der Waals surface area contributed by atoms with Crippen LogP contribution < -0.4 is 5.32 Å². The molecular weight excluding hydrogens is 284 g/mol. The van der Waals surface area contributed by atoms with E-state index >= 15 is 0 Å². The van der Waals surface area contributed by atoms with Crippen LogP contribution in [-0.4, -0.2) is 27.4 Å². The largest absolute Gasteiger partial charge is 0.352 e. The van der Waals surface area contributed by atoms with Crippen molar-refractivity contribution < 1.29 is 4.79 Å². The fourth-order valence-corrected chi connectivity index (χ4v) is 1.81. The average Bonchev–Trinajstić information content (AvgIpc) is 2.82. The number of carbonyl (C=O) groups excluding carboxylic acids is 1. The molecule has 2 rings (SSSR count). The van der Waals surface area contributed by atoms with Crippen LogP contribution in [-0.2, 0) is 6.42 Å². The molecule has 0 saturated heterocycles. The first-order valence-electron chi connectivity index (χ1n) is 5.13. The van der Waals surface area contributed by atoms with Gasteiger partial charge in [0.25, 0.3) is 5.91 Å². The van der Waals surface area contributed by atoms with Crippen molar-refractivity contribution in [3.05, 3.63) is 46.7 Å². The molecule has 0 bridgehead atoms. The lowest BCUT2D eigenvalue weighted by Crippen LogP contribution is -2.26. The molecule has 0 saturated carbocycles. The fourth-order valence-electron chi connectivity index (χ4n) is 1.38. The van der Waals surface area contributed by atoms with Gasteiger partial charge in [-0.1, -0.05) is 0 Å². The van der Waals surface area contributed by atoms with Gasteiger partial charge in [-0.2, -0.15) is 0 Å². The van der Waals surface area contributed by atoms with Gasteiger partial charge in [0.15, 0.2) is 0 Å². The van der Waals surface area contributed by atoms with Crippen LogP contribution in [0.5, 0.6) is 0 Å². The Balaban J connectivity index is 1.88. The van der Waals surface area contributed by atoms with E-state index < -0.39 is 0 Å². The quantitative estimate of drug-likeness (QED) is 0.841. The van der Waals surface area contributed by atoms with Gasteiger partial charge in [0, 0.05) is 31.1 Å². The topological polar surface area (TPSA) is 70.7 Å². The van der Waals surface area contributed by atoms with Gasteiger partial charge in [0.05, 0.1) is 11.9 Å². The Kier molecular flexibility index (Phi) is 3.87. The van der Waals surface area contributed by atoms with Crippen LogP contribution >= 0.6 is 15.9 Å².